The second kappa shape index (κ2) is 5.22. The Morgan fingerprint density at radius 3 is 1.62 bits per heavy atom. The summed E-state index contributed by atoms with van der Waals surface area (Å²) in [5.74, 6) is 0. The van der Waals surface area contributed by atoms with Gasteiger partial charge in [0.25, 0.3) is 0 Å². The van der Waals surface area contributed by atoms with E-state index >= 15 is 0 Å². The van der Waals surface area contributed by atoms with Crippen molar-refractivity contribution in [3.8, 4) is 0 Å². The maximum atomic E-state index is 5.36. The first-order valence-electron chi connectivity index (χ1n) is 2.13. The van der Waals surface area contributed by atoms with Gasteiger partial charge in [0.15, 0.2) is 3.79 Å². The average Bonchev–Trinajstić information content (AvgIpc) is 1.30. The molecule has 0 saturated carbocycles. The molecule has 0 aromatic carbocycles. The quantitative estimate of drug-likeness (QED) is 0.482. The number of halogens is 3. The Balaban J connectivity index is 0. The normalized spacial score (nSPS) is 10.5. The van der Waals surface area contributed by atoms with Crippen molar-refractivity contribution < 1.29 is 0 Å². The van der Waals surface area contributed by atoms with Gasteiger partial charge in [0.2, 0.25) is 0 Å². The van der Waals surface area contributed by atoms with Crippen LogP contribution < -0.4 is 0 Å². The van der Waals surface area contributed by atoms with Crippen LogP contribution in [0.15, 0.2) is 0 Å². The topological polar surface area (TPSA) is 0 Å². The van der Waals surface area contributed by atoms with Gasteiger partial charge in [-0.2, -0.15) is 0 Å². The molecule has 0 nitrogen and oxygen atoms in total. The molecule has 8 heavy (non-hydrogen) atoms. The van der Waals surface area contributed by atoms with Crippen molar-refractivity contribution in [1.29, 1.82) is 0 Å². The van der Waals surface area contributed by atoms with Crippen LogP contribution in [0.3, 0.4) is 0 Å². The van der Waals surface area contributed by atoms with Gasteiger partial charge in [-0.15, -0.1) is 0 Å². The fraction of sp³-hybridized carbons (Fsp3) is 1.00. The van der Waals surface area contributed by atoms with E-state index < -0.39 is 3.79 Å². The van der Waals surface area contributed by atoms with Crippen LogP contribution in [0.4, 0.5) is 0 Å². The molecule has 0 radical (unpaired) electrons. The standard InChI is InChI=1S/C4H7Cl3.GeH4/c1-2-3-4(5,6)7;/h2-3H2,1H3;1H4. The number of hydrogen-bond acceptors (Lipinski definition) is 0. The number of rotatable bonds is 1. The van der Waals surface area contributed by atoms with Crippen molar-refractivity contribution in [2.75, 3.05) is 0 Å². The second-order valence-corrected chi connectivity index (χ2v) is 3.88. The van der Waals surface area contributed by atoms with Crippen LogP contribution in [-0.2, 0) is 0 Å². The molecule has 0 aliphatic rings. The Morgan fingerprint density at radius 1 is 1.25 bits per heavy atom. The fourth-order valence-electron chi connectivity index (χ4n) is 0.283. The molecule has 0 spiro atoms. The first-order valence-corrected chi connectivity index (χ1v) is 3.26. The van der Waals surface area contributed by atoms with E-state index in [2.05, 4.69) is 0 Å². The van der Waals surface area contributed by atoms with Gasteiger partial charge in [0, 0.05) is 0 Å². The molecule has 0 unspecified atom stereocenters. The predicted octanol–water partition coefficient (Wildman–Crippen LogP) is 1.71. The van der Waals surface area contributed by atoms with Crippen molar-refractivity contribution in [3.05, 3.63) is 0 Å². The fourth-order valence-corrected chi connectivity index (χ4v) is 0.850. The first kappa shape index (κ1) is 12.1. The molecular formula is C4H11Cl3Ge. The third-order valence-electron chi connectivity index (χ3n) is 0.533. The average molecular weight is 238 g/mol. The van der Waals surface area contributed by atoms with Crippen LogP contribution in [0.25, 0.3) is 0 Å². The summed E-state index contributed by atoms with van der Waals surface area (Å²) in [7, 11) is 0. The molecule has 0 N–H and O–H groups in total. The van der Waals surface area contributed by atoms with E-state index in [4.69, 9.17) is 34.8 Å². The zero-order valence-corrected chi connectivity index (χ0v) is 6.32. The van der Waals surface area contributed by atoms with E-state index in [1.165, 1.54) is 0 Å². The van der Waals surface area contributed by atoms with E-state index in [0.29, 0.717) is 6.42 Å². The van der Waals surface area contributed by atoms with E-state index in [-0.39, 0.29) is 17.6 Å². The molecule has 4 heteroatoms. The summed E-state index contributed by atoms with van der Waals surface area (Å²) >= 11 is 16.1. The summed E-state index contributed by atoms with van der Waals surface area (Å²) in [5, 5.41) is 0. The number of alkyl halides is 3. The summed E-state index contributed by atoms with van der Waals surface area (Å²) < 4.78 is -1.03. The van der Waals surface area contributed by atoms with Crippen LogP contribution in [0.2, 0.25) is 0 Å². The summed E-state index contributed by atoms with van der Waals surface area (Å²) in [5.41, 5.74) is 0. The molecule has 0 saturated heterocycles. The molecular weight excluding hydrogens is 227 g/mol. The molecule has 0 atom stereocenters. The van der Waals surface area contributed by atoms with Crippen molar-refractivity contribution >= 4 is 52.4 Å². The van der Waals surface area contributed by atoms with Crippen LogP contribution >= 0.6 is 34.8 Å². The van der Waals surface area contributed by atoms with E-state index in [0.717, 1.165) is 6.42 Å². The van der Waals surface area contributed by atoms with Crippen LogP contribution in [-0.4, -0.2) is 21.4 Å². The third-order valence-corrected chi connectivity index (χ3v) is 1.10. The summed E-state index contributed by atoms with van der Waals surface area (Å²) in [6.07, 6.45) is 1.55. The van der Waals surface area contributed by atoms with Gasteiger partial charge in [0.05, 0.1) is 0 Å². The Hall–Kier alpha value is 1.41. The summed E-state index contributed by atoms with van der Waals surface area (Å²) in [6.45, 7) is 1.97. The van der Waals surface area contributed by atoms with E-state index in [1.807, 2.05) is 6.92 Å². The Morgan fingerprint density at radius 2 is 1.62 bits per heavy atom. The zero-order chi connectivity index (χ0) is 5.91. The number of hydrogen-bond donors (Lipinski definition) is 0. The van der Waals surface area contributed by atoms with Crippen molar-refractivity contribution in [3.63, 3.8) is 0 Å². The molecule has 52 valence electrons. The first-order chi connectivity index (χ1) is 3.06. The van der Waals surface area contributed by atoms with Crippen molar-refractivity contribution in [2.24, 2.45) is 0 Å². The minimum absolute atomic E-state index is 0. The third kappa shape index (κ3) is 10.4. The Kier molecular flexibility index (Phi) is 7.91. The van der Waals surface area contributed by atoms with Gasteiger partial charge in [-0.25, -0.2) is 0 Å². The van der Waals surface area contributed by atoms with Gasteiger partial charge in [0.1, 0.15) is 0 Å². The Bertz CT molecular complexity index is 49.7. The zero-order valence-electron chi connectivity index (χ0n) is 4.05. The SMILES string of the molecule is CCCC(Cl)(Cl)Cl.[GeH4]. The molecule has 0 rings (SSSR count). The van der Waals surface area contributed by atoms with Gasteiger partial charge in [-0.3, -0.25) is 0 Å². The second-order valence-electron chi connectivity index (χ2n) is 1.37. The summed E-state index contributed by atoms with van der Waals surface area (Å²) in [6, 6.07) is 0. The van der Waals surface area contributed by atoms with Crippen LogP contribution in [0.1, 0.15) is 19.8 Å². The summed E-state index contributed by atoms with van der Waals surface area (Å²) in [4.78, 5) is 0. The van der Waals surface area contributed by atoms with Crippen LogP contribution in [0, 0.1) is 0 Å². The molecule has 0 aliphatic heterocycles. The van der Waals surface area contributed by atoms with Gasteiger partial charge in [-0.1, -0.05) is 48.1 Å². The molecule has 0 amide bonds. The predicted molar refractivity (Wildman–Crippen MR) is 46.5 cm³/mol. The monoisotopic (exact) mass is 238 g/mol. The van der Waals surface area contributed by atoms with Crippen LogP contribution in [0.5, 0.6) is 0 Å². The Labute approximate surface area is 75.8 Å². The van der Waals surface area contributed by atoms with E-state index in [1.54, 1.807) is 0 Å². The van der Waals surface area contributed by atoms with Gasteiger partial charge in [-0.05, 0) is 6.42 Å². The molecule has 0 aromatic rings. The van der Waals surface area contributed by atoms with E-state index in [9.17, 15) is 0 Å². The molecule has 0 heterocycles. The van der Waals surface area contributed by atoms with Crippen molar-refractivity contribution in [2.45, 2.75) is 23.6 Å². The van der Waals surface area contributed by atoms with Gasteiger partial charge >= 0.3 is 17.6 Å². The maximum absolute atomic E-state index is 5.36. The minimum atomic E-state index is -1.03. The molecule has 0 bridgehead atoms. The van der Waals surface area contributed by atoms with Gasteiger partial charge < -0.3 is 0 Å². The molecule has 0 aliphatic carbocycles. The molecule has 0 aromatic heterocycles. The van der Waals surface area contributed by atoms with Crippen molar-refractivity contribution in [1.82, 2.24) is 0 Å². The molecule has 0 fully saturated rings.